The third-order valence-corrected chi connectivity index (χ3v) is 5.44. The van der Waals surface area contributed by atoms with Crippen LogP contribution >= 0.6 is 23.4 Å². The van der Waals surface area contributed by atoms with E-state index in [1.54, 1.807) is 28.8 Å². The summed E-state index contributed by atoms with van der Waals surface area (Å²) in [5.41, 5.74) is 2.63. The second-order valence-corrected chi connectivity index (χ2v) is 7.06. The van der Waals surface area contributed by atoms with Crippen LogP contribution in [0.1, 0.15) is 5.56 Å². The van der Waals surface area contributed by atoms with E-state index in [0.717, 1.165) is 26.7 Å². The number of hydrogen-bond acceptors (Lipinski definition) is 2. The highest BCUT2D eigenvalue weighted by Crippen LogP contribution is 2.47. The summed E-state index contributed by atoms with van der Waals surface area (Å²) in [5, 5.41) is 0.626. The maximum Gasteiger partial charge on any atom is 0.255 e. The van der Waals surface area contributed by atoms with Crippen molar-refractivity contribution < 1.29 is 4.79 Å². The van der Waals surface area contributed by atoms with Gasteiger partial charge in [-0.3, -0.25) is 9.69 Å². The van der Waals surface area contributed by atoms with Gasteiger partial charge >= 0.3 is 0 Å². The maximum atomic E-state index is 13.0. The predicted octanol–water partition coefficient (Wildman–Crippen LogP) is 6.18. The van der Waals surface area contributed by atoms with Gasteiger partial charge in [-0.1, -0.05) is 65.8 Å². The zero-order chi connectivity index (χ0) is 17.2. The Morgan fingerprint density at radius 1 is 0.840 bits per heavy atom. The van der Waals surface area contributed by atoms with Gasteiger partial charge in [-0.05, 0) is 42.0 Å². The third kappa shape index (κ3) is 3.09. The van der Waals surface area contributed by atoms with E-state index in [4.69, 9.17) is 11.6 Å². The van der Waals surface area contributed by atoms with Crippen molar-refractivity contribution in [2.75, 3.05) is 4.90 Å². The molecule has 0 aliphatic carbocycles. The van der Waals surface area contributed by atoms with Crippen LogP contribution in [0.3, 0.4) is 0 Å². The summed E-state index contributed by atoms with van der Waals surface area (Å²) >= 11 is 7.86. The molecular weight excluding hydrogens is 350 g/mol. The number of carbonyl (C=O) groups is 1. The summed E-state index contributed by atoms with van der Waals surface area (Å²) in [4.78, 5) is 16.9. The molecule has 3 aromatic carbocycles. The van der Waals surface area contributed by atoms with Crippen LogP contribution in [0.15, 0.2) is 88.7 Å². The molecule has 0 spiro atoms. The van der Waals surface area contributed by atoms with Crippen LogP contribution in [0.5, 0.6) is 0 Å². The van der Waals surface area contributed by atoms with Gasteiger partial charge in [-0.25, -0.2) is 0 Å². The predicted molar refractivity (Wildman–Crippen MR) is 105 cm³/mol. The molecule has 0 N–H and O–H groups in total. The van der Waals surface area contributed by atoms with E-state index < -0.39 is 0 Å². The molecule has 1 aliphatic heterocycles. The fourth-order valence-corrected chi connectivity index (χ4v) is 4.04. The van der Waals surface area contributed by atoms with Gasteiger partial charge in [0.05, 0.1) is 11.4 Å². The molecular formula is C21H14ClNOS. The average molecular weight is 364 g/mol. The molecule has 0 radical (unpaired) electrons. The number of carbonyl (C=O) groups excluding carboxylic acids is 1. The summed E-state index contributed by atoms with van der Waals surface area (Å²) < 4.78 is 0. The van der Waals surface area contributed by atoms with Crippen molar-refractivity contribution in [3.05, 3.63) is 89.5 Å². The molecule has 0 unspecified atom stereocenters. The lowest BCUT2D eigenvalue weighted by Crippen LogP contribution is -2.26. The number of rotatable bonds is 2. The third-order valence-electron chi connectivity index (χ3n) is 3.96. The SMILES string of the molecule is O=C(C=Cc1ccccc1Cl)N1c2ccccc2Sc2ccccc21. The summed E-state index contributed by atoms with van der Waals surface area (Å²) in [7, 11) is 0. The molecule has 4 heteroatoms. The maximum absolute atomic E-state index is 13.0. The molecule has 122 valence electrons. The number of para-hydroxylation sites is 2. The van der Waals surface area contributed by atoms with Crippen LogP contribution in [0.4, 0.5) is 11.4 Å². The lowest BCUT2D eigenvalue weighted by molar-refractivity contribution is -0.113. The van der Waals surface area contributed by atoms with Gasteiger partial charge < -0.3 is 0 Å². The van der Waals surface area contributed by atoms with E-state index in [2.05, 4.69) is 0 Å². The Hall–Kier alpha value is -2.49. The number of fused-ring (bicyclic) bond motifs is 2. The Balaban J connectivity index is 1.74. The molecule has 0 saturated heterocycles. The van der Waals surface area contributed by atoms with E-state index in [1.807, 2.05) is 72.8 Å². The first-order chi connectivity index (χ1) is 12.2. The summed E-state index contributed by atoms with van der Waals surface area (Å²) in [5.74, 6) is -0.0971. The molecule has 0 bridgehead atoms. The first-order valence-electron chi connectivity index (χ1n) is 7.86. The van der Waals surface area contributed by atoms with Crippen molar-refractivity contribution >= 4 is 46.7 Å². The highest BCUT2D eigenvalue weighted by Gasteiger charge is 2.26. The summed E-state index contributed by atoms with van der Waals surface area (Å²) in [6, 6.07) is 23.4. The number of hydrogen-bond donors (Lipinski definition) is 0. The topological polar surface area (TPSA) is 20.3 Å². The molecule has 1 amide bonds. The average Bonchev–Trinajstić information content (AvgIpc) is 2.65. The first kappa shape index (κ1) is 16.0. The van der Waals surface area contributed by atoms with Gasteiger partial charge in [0.1, 0.15) is 0 Å². The highest BCUT2D eigenvalue weighted by atomic mass is 35.5. The minimum Gasteiger partial charge on any atom is -0.275 e. The Labute approximate surface area is 155 Å². The zero-order valence-corrected chi connectivity index (χ0v) is 14.8. The number of nitrogens with zero attached hydrogens (tertiary/aromatic N) is 1. The number of anilines is 2. The fraction of sp³-hybridized carbons (Fsp3) is 0. The van der Waals surface area contributed by atoms with Crippen LogP contribution < -0.4 is 4.90 Å². The van der Waals surface area contributed by atoms with Crippen LogP contribution in [0, 0.1) is 0 Å². The molecule has 2 nitrogen and oxygen atoms in total. The normalized spacial score (nSPS) is 12.8. The monoisotopic (exact) mass is 363 g/mol. The van der Waals surface area contributed by atoms with Gasteiger partial charge in [0, 0.05) is 20.9 Å². The Kier molecular flexibility index (Phi) is 4.35. The minimum atomic E-state index is -0.0971. The summed E-state index contributed by atoms with van der Waals surface area (Å²) in [6.07, 6.45) is 3.34. The van der Waals surface area contributed by atoms with E-state index in [1.165, 1.54) is 0 Å². The van der Waals surface area contributed by atoms with Crippen molar-refractivity contribution in [2.24, 2.45) is 0 Å². The van der Waals surface area contributed by atoms with Crippen LogP contribution in [-0.4, -0.2) is 5.91 Å². The molecule has 0 fully saturated rings. The number of benzene rings is 3. The van der Waals surface area contributed by atoms with Crippen molar-refractivity contribution in [1.82, 2.24) is 0 Å². The van der Waals surface area contributed by atoms with Crippen molar-refractivity contribution in [2.45, 2.75) is 9.79 Å². The van der Waals surface area contributed by atoms with Crippen molar-refractivity contribution in [3.63, 3.8) is 0 Å². The molecule has 4 rings (SSSR count). The van der Waals surface area contributed by atoms with Gasteiger partial charge in [0.15, 0.2) is 0 Å². The zero-order valence-electron chi connectivity index (χ0n) is 13.2. The van der Waals surface area contributed by atoms with Crippen LogP contribution in [0.25, 0.3) is 6.08 Å². The number of halogens is 1. The molecule has 3 aromatic rings. The first-order valence-corrected chi connectivity index (χ1v) is 9.06. The molecule has 0 aromatic heterocycles. The number of amides is 1. The van der Waals surface area contributed by atoms with Crippen LogP contribution in [-0.2, 0) is 4.79 Å². The minimum absolute atomic E-state index is 0.0971. The summed E-state index contributed by atoms with van der Waals surface area (Å²) in [6.45, 7) is 0. The Morgan fingerprint density at radius 3 is 2.04 bits per heavy atom. The van der Waals surface area contributed by atoms with Gasteiger partial charge in [-0.2, -0.15) is 0 Å². The molecule has 0 saturated carbocycles. The quantitative estimate of drug-likeness (QED) is 0.506. The standard InChI is InChI=1S/C21H14ClNOS/c22-16-8-2-1-7-15(16)13-14-21(24)23-17-9-3-5-11-19(17)25-20-12-6-4-10-18(20)23/h1-14H. The van der Waals surface area contributed by atoms with Crippen molar-refractivity contribution in [3.8, 4) is 0 Å². The van der Waals surface area contributed by atoms with E-state index in [0.29, 0.717) is 5.02 Å². The molecule has 25 heavy (non-hydrogen) atoms. The largest absolute Gasteiger partial charge is 0.275 e. The second kappa shape index (κ2) is 6.79. The fourth-order valence-electron chi connectivity index (χ4n) is 2.79. The van der Waals surface area contributed by atoms with E-state index in [9.17, 15) is 4.79 Å². The highest BCUT2D eigenvalue weighted by molar-refractivity contribution is 7.99. The molecule has 1 aliphatic rings. The van der Waals surface area contributed by atoms with Gasteiger partial charge in [0.2, 0.25) is 0 Å². The molecule has 0 atom stereocenters. The Morgan fingerprint density at radius 2 is 1.40 bits per heavy atom. The lowest BCUT2D eigenvalue weighted by Gasteiger charge is -2.30. The molecule has 1 heterocycles. The van der Waals surface area contributed by atoms with Gasteiger partial charge in [0.25, 0.3) is 5.91 Å². The Bertz CT molecular complexity index is 937. The second-order valence-electron chi connectivity index (χ2n) is 5.57. The van der Waals surface area contributed by atoms with Gasteiger partial charge in [-0.15, -0.1) is 0 Å². The van der Waals surface area contributed by atoms with Crippen molar-refractivity contribution in [1.29, 1.82) is 0 Å². The lowest BCUT2D eigenvalue weighted by atomic mass is 10.2. The van der Waals surface area contributed by atoms with Crippen LogP contribution in [0.2, 0.25) is 5.02 Å². The van der Waals surface area contributed by atoms with E-state index in [-0.39, 0.29) is 5.91 Å². The smallest absolute Gasteiger partial charge is 0.255 e. The van der Waals surface area contributed by atoms with E-state index >= 15 is 0 Å².